The fourth-order valence-electron chi connectivity index (χ4n) is 2.75. The van der Waals surface area contributed by atoms with Gasteiger partial charge in [0.2, 0.25) is 0 Å². The molecule has 3 aromatic rings. The van der Waals surface area contributed by atoms with Gasteiger partial charge >= 0.3 is 5.63 Å². The van der Waals surface area contributed by atoms with E-state index in [-0.39, 0.29) is 11.1 Å². The van der Waals surface area contributed by atoms with E-state index in [2.05, 4.69) is 18.7 Å². The number of halogens is 1. The highest BCUT2D eigenvalue weighted by molar-refractivity contribution is 5.84. The van der Waals surface area contributed by atoms with Gasteiger partial charge in [-0.05, 0) is 38.1 Å². The van der Waals surface area contributed by atoms with E-state index in [1.165, 1.54) is 6.07 Å². The molecular weight excluding hydrogens is 293 g/mol. The zero-order valence-electron chi connectivity index (χ0n) is 13.2. The van der Waals surface area contributed by atoms with E-state index in [1.54, 1.807) is 24.3 Å². The second-order valence-electron chi connectivity index (χ2n) is 5.32. The first-order valence-corrected chi connectivity index (χ1v) is 7.71. The maximum absolute atomic E-state index is 13.9. The van der Waals surface area contributed by atoms with Gasteiger partial charge in [0, 0.05) is 35.8 Å². The summed E-state index contributed by atoms with van der Waals surface area (Å²) in [6.07, 6.45) is 0. The Balaban J connectivity index is 2.15. The molecule has 1 heterocycles. The van der Waals surface area contributed by atoms with Crippen LogP contribution in [-0.4, -0.2) is 13.1 Å². The Labute approximate surface area is 134 Å². The summed E-state index contributed by atoms with van der Waals surface area (Å²) in [5.74, 6) is -0.432. The predicted octanol–water partition coefficient (Wildman–Crippen LogP) is 4.45. The Morgan fingerprint density at radius 2 is 1.74 bits per heavy atom. The first kappa shape index (κ1) is 15.3. The van der Waals surface area contributed by atoms with Gasteiger partial charge in [-0.3, -0.25) is 0 Å². The zero-order chi connectivity index (χ0) is 16.4. The molecule has 0 saturated heterocycles. The molecule has 0 amide bonds. The van der Waals surface area contributed by atoms with Crippen molar-refractivity contribution in [2.45, 2.75) is 13.8 Å². The third-order valence-corrected chi connectivity index (χ3v) is 4.01. The monoisotopic (exact) mass is 311 g/mol. The summed E-state index contributed by atoms with van der Waals surface area (Å²) in [5.41, 5.74) is 1.49. The quantitative estimate of drug-likeness (QED) is 0.668. The highest BCUT2D eigenvalue weighted by Gasteiger charge is 2.12. The fraction of sp³-hybridized carbons (Fsp3) is 0.211. The maximum Gasteiger partial charge on any atom is 0.344 e. The van der Waals surface area contributed by atoms with E-state index in [9.17, 15) is 9.18 Å². The molecule has 0 atom stereocenters. The molecule has 0 spiro atoms. The minimum absolute atomic E-state index is 0.242. The lowest BCUT2D eigenvalue weighted by molar-refractivity contribution is 0.561. The van der Waals surface area contributed by atoms with E-state index < -0.39 is 11.4 Å². The molecule has 0 saturated carbocycles. The molecule has 0 aliphatic rings. The predicted molar refractivity (Wildman–Crippen MR) is 91.4 cm³/mol. The Hall–Kier alpha value is -2.62. The Morgan fingerprint density at radius 3 is 2.43 bits per heavy atom. The number of nitrogens with zero attached hydrogens (tertiary/aromatic N) is 1. The third kappa shape index (κ3) is 2.84. The first-order valence-electron chi connectivity index (χ1n) is 7.71. The number of hydrogen-bond donors (Lipinski definition) is 0. The highest BCUT2D eigenvalue weighted by atomic mass is 19.1. The second kappa shape index (κ2) is 6.24. The Morgan fingerprint density at radius 1 is 1.00 bits per heavy atom. The topological polar surface area (TPSA) is 33.5 Å². The van der Waals surface area contributed by atoms with E-state index in [0.717, 1.165) is 24.2 Å². The summed E-state index contributed by atoms with van der Waals surface area (Å²) in [7, 11) is 0. The molecule has 0 aliphatic heterocycles. The molecule has 0 aliphatic carbocycles. The lowest BCUT2D eigenvalue weighted by atomic mass is 10.1. The van der Waals surface area contributed by atoms with E-state index in [4.69, 9.17) is 4.42 Å². The summed E-state index contributed by atoms with van der Waals surface area (Å²) < 4.78 is 19.4. The van der Waals surface area contributed by atoms with Crippen molar-refractivity contribution in [3.05, 3.63) is 64.8 Å². The van der Waals surface area contributed by atoms with Crippen molar-refractivity contribution < 1.29 is 8.81 Å². The van der Waals surface area contributed by atoms with Gasteiger partial charge in [0.25, 0.3) is 0 Å². The Kier molecular flexibility index (Phi) is 4.15. The fourth-order valence-corrected chi connectivity index (χ4v) is 2.75. The van der Waals surface area contributed by atoms with Gasteiger partial charge in [-0.25, -0.2) is 9.18 Å². The van der Waals surface area contributed by atoms with Gasteiger partial charge in [0.15, 0.2) is 0 Å². The normalized spacial score (nSPS) is 10.9. The van der Waals surface area contributed by atoms with E-state index in [1.807, 2.05) is 18.2 Å². The average molecular weight is 311 g/mol. The molecule has 0 N–H and O–H groups in total. The van der Waals surface area contributed by atoms with Crippen LogP contribution >= 0.6 is 0 Å². The zero-order valence-corrected chi connectivity index (χ0v) is 13.2. The van der Waals surface area contributed by atoms with E-state index in [0.29, 0.717) is 5.58 Å². The molecule has 23 heavy (non-hydrogen) atoms. The summed E-state index contributed by atoms with van der Waals surface area (Å²) in [4.78, 5) is 14.4. The number of fused-ring (bicyclic) bond motifs is 1. The lowest BCUT2D eigenvalue weighted by Gasteiger charge is -2.21. The molecule has 0 unspecified atom stereocenters. The molecule has 4 heteroatoms. The van der Waals surface area contributed by atoms with Crippen LogP contribution in [0.2, 0.25) is 0 Å². The first-order chi connectivity index (χ1) is 11.1. The second-order valence-corrected chi connectivity index (χ2v) is 5.32. The van der Waals surface area contributed by atoms with Crippen LogP contribution in [0.15, 0.2) is 57.7 Å². The standard InChI is InChI=1S/C19H18FNO2/c1-3-21(4-2)14-10-9-13-11-16(19(22)23-18(13)12-14)15-7-5-6-8-17(15)20/h5-12H,3-4H2,1-2H3. The summed E-state index contributed by atoms with van der Waals surface area (Å²) in [5, 5.41) is 0.777. The van der Waals surface area contributed by atoms with Crippen molar-refractivity contribution in [1.29, 1.82) is 0 Å². The van der Waals surface area contributed by atoms with Gasteiger partial charge < -0.3 is 9.32 Å². The summed E-state index contributed by atoms with van der Waals surface area (Å²) in [6, 6.07) is 13.6. The van der Waals surface area contributed by atoms with Crippen molar-refractivity contribution in [1.82, 2.24) is 0 Å². The summed E-state index contributed by atoms with van der Waals surface area (Å²) in [6.45, 7) is 5.90. The molecule has 118 valence electrons. The minimum Gasteiger partial charge on any atom is -0.422 e. The lowest BCUT2D eigenvalue weighted by Crippen LogP contribution is -2.21. The van der Waals surface area contributed by atoms with Crippen LogP contribution < -0.4 is 10.5 Å². The molecule has 0 bridgehead atoms. The molecule has 2 aromatic carbocycles. The van der Waals surface area contributed by atoms with Crippen LogP contribution in [0.25, 0.3) is 22.1 Å². The van der Waals surface area contributed by atoms with Crippen LogP contribution in [0.1, 0.15) is 13.8 Å². The molecular formula is C19H18FNO2. The number of anilines is 1. The van der Waals surface area contributed by atoms with Crippen LogP contribution in [0, 0.1) is 5.82 Å². The minimum atomic E-state index is -0.528. The molecule has 0 radical (unpaired) electrons. The van der Waals surface area contributed by atoms with Gasteiger partial charge in [-0.15, -0.1) is 0 Å². The van der Waals surface area contributed by atoms with Gasteiger partial charge in [0.05, 0.1) is 5.56 Å². The molecule has 3 nitrogen and oxygen atoms in total. The Bertz CT molecular complexity index is 897. The van der Waals surface area contributed by atoms with Crippen molar-refractivity contribution in [3.63, 3.8) is 0 Å². The van der Waals surface area contributed by atoms with Crippen LogP contribution in [0.4, 0.5) is 10.1 Å². The molecule has 0 fully saturated rings. The van der Waals surface area contributed by atoms with Gasteiger partial charge in [-0.2, -0.15) is 0 Å². The molecule has 1 aromatic heterocycles. The van der Waals surface area contributed by atoms with Crippen LogP contribution in [-0.2, 0) is 0 Å². The highest BCUT2D eigenvalue weighted by Crippen LogP contribution is 2.26. The van der Waals surface area contributed by atoms with Crippen molar-refractivity contribution >= 4 is 16.7 Å². The average Bonchev–Trinajstić information content (AvgIpc) is 2.56. The van der Waals surface area contributed by atoms with Crippen molar-refractivity contribution in [3.8, 4) is 11.1 Å². The number of hydrogen-bond acceptors (Lipinski definition) is 3. The number of rotatable bonds is 4. The van der Waals surface area contributed by atoms with Crippen molar-refractivity contribution in [2.75, 3.05) is 18.0 Å². The van der Waals surface area contributed by atoms with Crippen molar-refractivity contribution in [2.24, 2.45) is 0 Å². The van der Waals surface area contributed by atoms with Gasteiger partial charge in [0.1, 0.15) is 11.4 Å². The van der Waals surface area contributed by atoms with E-state index >= 15 is 0 Å². The molecule has 3 rings (SSSR count). The van der Waals surface area contributed by atoms with Gasteiger partial charge in [-0.1, -0.05) is 18.2 Å². The van der Waals surface area contributed by atoms with Crippen LogP contribution in [0.5, 0.6) is 0 Å². The number of benzene rings is 2. The van der Waals surface area contributed by atoms with Crippen LogP contribution in [0.3, 0.4) is 0 Å². The summed E-state index contributed by atoms with van der Waals surface area (Å²) >= 11 is 0. The SMILES string of the molecule is CCN(CC)c1ccc2cc(-c3ccccc3F)c(=O)oc2c1. The smallest absolute Gasteiger partial charge is 0.344 e. The third-order valence-electron chi connectivity index (χ3n) is 4.01. The maximum atomic E-state index is 13.9. The largest absolute Gasteiger partial charge is 0.422 e.